The summed E-state index contributed by atoms with van der Waals surface area (Å²) in [6.07, 6.45) is 1.08. The minimum absolute atomic E-state index is 0.185. The van der Waals surface area contributed by atoms with Gasteiger partial charge in [0.25, 0.3) is 0 Å². The number of para-hydroxylation sites is 1. The average Bonchev–Trinajstić information content (AvgIpc) is 2.68. The largest absolute Gasteiger partial charge is 0.350 e. The number of anilines is 1. The lowest BCUT2D eigenvalue weighted by Crippen LogP contribution is -2.54. The number of carbonyl (C=O) groups excluding carboxylic acids is 2. The zero-order valence-electron chi connectivity index (χ0n) is 20.5. The fourth-order valence-electron chi connectivity index (χ4n) is 3.50. The van der Waals surface area contributed by atoms with Gasteiger partial charge in [-0.1, -0.05) is 48.0 Å². The molecule has 2 aromatic carbocycles. The lowest BCUT2D eigenvalue weighted by Gasteiger charge is -2.33. The highest BCUT2D eigenvalue weighted by Gasteiger charge is 2.31. The van der Waals surface area contributed by atoms with E-state index < -0.39 is 34.1 Å². The van der Waals surface area contributed by atoms with E-state index in [9.17, 15) is 18.0 Å². The smallest absolute Gasteiger partial charge is 0.244 e. The van der Waals surface area contributed by atoms with Crippen molar-refractivity contribution in [3.8, 4) is 0 Å². The maximum atomic E-state index is 13.5. The SMILES string of the molecule is Cc1cccc(CN(C(=O)CN(c2ccccc2C)S(C)(=O)=O)[C@H](C)C(=O)NC(C)(C)C)c1. The Hall–Kier alpha value is -2.87. The molecule has 0 aliphatic heterocycles. The topological polar surface area (TPSA) is 86.8 Å². The van der Waals surface area contributed by atoms with Crippen LogP contribution in [0.5, 0.6) is 0 Å². The zero-order valence-corrected chi connectivity index (χ0v) is 21.4. The summed E-state index contributed by atoms with van der Waals surface area (Å²) in [5.41, 5.74) is 2.60. The standard InChI is InChI=1S/C25H35N3O4S/c1-18-11-10-13-21(15-18)16-27(20(3)24(30)26-25(4,5)6)23(29)17-28(33(7,31)32)22-14-9-8-12-19(22)2/h8-15,20H,16-17H2,1-7H3,(H,26,30)/t20-/m1/s1. The monoisotopic (exact) mass is 473 g/mol. The summed E-state index contributed by atoms with van der Waals surface area (Å²) in [6.45, 7) is 10.8. The van der Waals surface area contributed by atoms with Gasteiger partial charge >= 0.3 is 0 Å². The number of benzene rings is 2. The Morgan fingerprint density at radius 3 is 2.21 bits per heavy atom. The van der Waals surface area contributed by atoms with E-state index in [2.05, 4.69) is 5.32 Å². The highest BCUT2D eigenvalue weighted by Crippen LogP contribution is 2.23. The third-order valence-electron chi connectivity index (χ3n) is 5.16. The second-order valence-corrected chi connectivity index (χ2v) is 11.4. The molecule has 2 aromatic rings. The van der Waals surface area contributed by atoms with Gasteiger partial charge in [-0.15, -0.1) is 0 Å². The molecule has 0 fully saturated rings. The van der Waals surface area contributed by atoms with Gasteiger partial charge in [0.2, 0.25) is 21.8 Å². The lowest BCUT2D eigenvalue weighted by atomic mass is 10.1. The van der Waals surface area contributed by atoms with E-state index in [4.69, 9.17) is 0 Å². The first-order chi connectivity index (χ1) is 15.2. The van der Waals surface area contributed by atoms with Crippen LogP contribution in [0.4, 0.5) is 5.69 Å². The van der Waals surface area contributed by atoms with Gasteiger partial charge in [-0.25, -0.2) is 8.42 Å². The van der Waals surface area contributed by atoms with Crippen LogP contribution in [0.2, 0.25) is 0 Å². The Morgan fingerprint density at radius 1 is 1.03 bits per heavy atom. The molecule has 0 heterocycles. The second-order valence-electron chi connectivity index (χ2n) is 9.48. The van der Waals surface area contributed by atoms with Crippen LogP contribution >= 0.6 is 0 Å². The van der Waals surface area contributed by atoms with Crippen molar-refractivity contribution < 1.29 is 18.0 Å². The van der Waals surface area contributed by atoms with Crippen LogP contribution in [-0.4, -0.2) is 49.5 Å². The molecule has 1 N–H and O–H groups in total. The van der Waals surface area contributed by atoms with Crippen LogP contribution in [0.25, 0.3) is 0 Å². The summed E-state index contributed by atoms with van der Waals surface area (Å²) < 4.78 is 26.3. The number of nitrogens with one attached hydrogen (secondary N) is 1. The molecule has 33 heavy (non-hydrogen) atoms. The van der Waals surface area contributed by atoms with Crippen LogP contribution < -0.4 is 9.62 Å². The van der Waals surface area contributed by atoms with Crippen molar-refractivity contribution in [2.75, 3.05) is 17.1 Å². The predicted molar refractivity (Wildman–Crippen MR) is 132 cm³/mol. The number of amides is 2. The Balaban J connectivity index is 2.42. The third-order valence-corrected chi connectivity index (χ3v) is 6.29. The summed E-state index contributed by atoms with van der Waals surface area (Å²) in [5, 5.41) is 2.91. The van der Waals surface area contributed by atoms with E-state index in [0.29, 0.717) is 5.69 Å². The maximum Gasteiger partial charge on any atom is 0.244 e. The number of aryl methyl sites for hydroxylation is 2. The molecule has 180 valence electrons. The van der Waals surface area contributed by atoms with Crippen LogP contribution in [0.3, 0.4) is 0 Å². The zero-order chi connectivity index (χ0) is 25.0. The van der Waals surface area contributed by atoms with E-state index >= 15 is 0 Å². The molecule has 0 radical (unpaired) electrons. The summed E-state index contributed by atoms with van der Waals surface area (Å²) in [7, 11) is -3.74. The first kappa shape index (κ1) is 26.4. The fraction of sp³-hybridized carbons (Fsp3) is 0.440. The Kier molecular flexibility index (Phi) is 8.30. The molecule has 2 amide bonds. The van der Waals surface area contributed by atoms with Crippen molar-refractivity contribution >= 4 is 27.5 Å². The van der Waals surface area contributed by atoms with Crippen LogP contribution in [0, 0.1) is 13.8 Å². The summed E-state index contributed by atoms with van der Waals surface area (Å²) in [5.74, 6) is -0.757. The Morgan fingerprint density at radius 2 is 1.67 bits per heavy atom. The normalized spacial score (nSPS) is 12.7. The molecule has 0 aromatic heterocycles. The number of nitrogens with zero attached hydrogens (tertiary/aromatic N) is 2. The molecule has 0 saturated carbocycles. The van der Waals surface area contributed by atoms with Crippen molar-refractivity contribution in [1.29, 1.82) is 0 Å². The molecule has 0 aliphatic rings. The first-order valence-electron chi connectivity index (χ1n) is 10.9. The fourth-order valence-corrected chi connectivity index (χ4v) is 4.41. The van der Waals surface area contributed by atoms with Gasteiger partial charge in [0.1, 0.15) is 12.6 Å². The van der Waals surface area contributed by atoms with Gasteiger partial charge in [0.05, 0.1) is 11.9 Å². The van der Waals surface area contributed by atoms with Crippen molar-refractivity contribution in [3.05, 3.63) is 65.2 Å². The molecule has 7 nitrogen and oxygen atoms in total. The van der Waals surface area contributed by atoms with E-state index in [1.54, 1.807) is 32.0 Å². The van der Waals surface area contributed by atoms with E-state index in [-0.39, 0.29) is 12.5 Å². The van der Waals surface area contributed by atoms with E-state index in [0.717, 1.165) is 27.3 Å². The van der Waals surface area contributed by atoms with Crippen molar-refractivity contribution in [2.24, 2.45) is 0 Å². The van der Waals surface area contributed by atoms with Crippen LogP contribution in [0.1, 0.15) is 44.4 Å². The molecule has 8 heteroatoms. The summed E-state index contributed by atoms with van der Waals surface area (Å²) in [6, 6.07) is 13.9. The van der Waals surface area contributed by atoms with Gasteiger partial charge < -0.3 is 10.2 Å². The maximum absolute atomic E-state index is 13.5. The number of sulfonamides is 1. The average molecular weight is 474 g/mol. The molecular weight excluding hydrogens is 438 g/mol. The highest BCUT2D eigenvalue weighted by atomic mass is 32.2. The summed E-state index contributed by atoms with van der Waals surface area (Å²) >= 11 is 0. The van der Waals surface area contributed by atoms with Crippen LogP contribution in [0.15, 0.2) is 48.5 Å². The molecular formula is C25H35N3O4S. The first-order valence-corrected chi connectivity index (χ1v) is 12.7. The Labute approximate surface area is 197 Å². The minimum atomic E-state index is -3.74. The predicted octanol–water partition coefficient (Wildman–Crippen LogP) is 3.40. The second kappa shape index (κ2) is 10.4. The molecule has 0 spiro atoms. The molecule has 2 rings (SSSR count). The number of carbonyl (C=O) groups is 2. The quantitative estimate of drug-likeness (QED) is 0.637. The van der Waals surface area contributed by atoms with Crippen molar-refractivity contribution in [2.45, 2.75) is 59.7 Å². The van der Waals surface area contributed by atoms with Gasteiger partial charge in [-0.05, 0) is 58.7 Å². The molecule has 0 aliphatic carbocycles. The Bertz CT molecular complexity index is 1110. The van der Waals surface area contributed by atoms with Gasteiger partial charge in [0, 0.05) is 12.1 Å². The third kappa shape index (κ3) is 7.60. The van der Waals surface area contributed by atoms with Gasteiger partial charge in [-0.3, -0.25) is 13.9 Å². The lowest BCUT2D eigenvalue weighted by molar-refractivity contribution is -0.140. The van der Waals surface area contributed by atoms with Crippen molar-refractivity contribution in [3.63, 3.8) is 0 Å². The number of hydrogen-bond acceptors (Lipinski definition) is 4. The molecule has 1 atom stereocenters. The van der Waals surface area contributed by atoms with Gasteiger partial charge in [-0.2, -0.15) is 0 Å². The molecule has 0 saturated heterocycles. The molecule has 0 unspecified atom stereocenters. The number of rotatable bonds is 8. The van der Waals surface area contributed by atoms with Crippen LogP contribution in [-0.2, 0) is 26.2 Å². The van der Waals surface area contributed by atoms with E-state index in [1.807, 2.05) is 58.0 Å². The number of hydrogen-bond donors (Lipinski definition) is 1. The highest BCUT2D eigenvalue weighted by molar-refractivity contribution is 7.92. The molecule has 0 bridgehead atoms. The minimum Gasteiger partial charge on any atom is -0.350 e. The summed E-state index contributed by atoms with van der Waals surface area (Å²) in [4.78, 5) is 27.9. The van der Waals surface area contributed by atoms with Gasteiger partial charge in [0.15, 0.2) is 0 Å². The van der Waals surface area contributed by atoms with E-state index in [1.165, 1.54) is 4.90 Å². The van der Waals surface area contributed by atoms with Crippen molar-refractivity contribution in [1.82, 2.24) is 10.2 Å².